The minimum atomic E-state index is 1.12. The Balaban J connectivity index is 2.29. The molecule has 0 unspecified atom stereocenters. The molecule has 0 amide bonds. The second-order valence-corrected chi connectivity index (χ2v) is 4.78. The van der Waals surface area contributed by atoms with Crippen molar-refractivity contribution in [1.29, 1.82) is 0 Å². The van der Waals surface area contributed by atoms with Crippen molar-refractivity contribution in [3.8, 4) is 0 Å². The van der Waals surface area contributed by atoms with Crippen LogP contribution in [-0.4, -0.2) is 9.55 Å². The van der Waals surface area contributed by atoms with E-state index in [1.165, 1.54) is 40.3 Å². The molecule has 0 fully saturated rings. The summed E-state index contributed by atoms with van der Waals surface area (Å²) < 4.78 is 2.46. The summed E-state index contributed by atoms with van der Waals surface area (Å²) in [5.74, 6) is 0. The van der Waals surface area contributed by atoms with Gasteiger partial charge in [0.15, 0.2) is 0 Å². The molecule has 3 heterocycles. The molecule has 0 N–H and O–H groups in total. The second kappa shape index (κ2) is 3.33. The van der Waals surface area contributed by atoms with E-state index in [4.69, 9.17) is 0 Å². The fourth-order valence-corrected chi connectivity index (χ4v) is 3.05. The number of fused-ring (bicyclic) bond motifs is 3. The third-order valence-corrected chi connectivity index (χ3v) is 3.80. The van der Waals surface area contributed by atoms with Crippen LogP contribution in [0.2, 0.25) is 0 Å². The molecule has 84 valence electrons. The molecule has 1 aliphatic heterocycles. The molecule has 2 heteroatoms. The number of para-hydroxylation sites is 1. The average Bonchev–Trinajstić information content (AvgIpc) is 2.56. The first-order valence-electron chi connectivity index (χ1n) is 6.30. The van der Waals surface area contributed by atoms with Gasteiger partial charge in [-0.2, -0.15) is 0 Å². The quantitative estimate of drug-likeness (QED) is 0.569. The molecule has 1 aromatic carbocycles. The van der Waals surface area contributed by atoms with Crippen molar-refractivity contribution >= 4 is 21.8 Å². The lowest BCUT2D eigenvalue weighted by Crippen LogP contribution is -1.96. The summed E-state index contributed by atoms with van der Waals surface area (Å²) in [6.45, 7) is 1.13. The summed E-state index contributed by atoms with van der Waals surface area (Å²) in [6, 6.07) is 10.9. The van der Waals surface area contributed by atoms with Gasteiger partial charge in [0.2, 0.25) is 0 Å². The minimum Gasteiger partial charge on any atom is -0.339 e. The lowest BCUT2D eigenvalue weighted by Gasteiger charge is -2.04. The SMILES string of the molecule is c1ccc2c(c1)c1ccnc3c1n2CCCC3. The zero-order valence-corrected chi connectivity index (χ0v) is 9.69. The molecule has 0 saturated heterocycles. The van der Waals surface area contributed by atoms with Crippen LogP contribution in [-0.2, 0) is 13.0 Å². The van der Waals surface area contributed by atoms with Crippen molar-refractivity contribution in [2.45, 2.75) is 25.8 Å². The molecule has 2 nitrogen and oxygen atoms in total. The molecule has 0 aliphatic carbocycles. The van der Waals surface area contributed by atoms with E-state index in [0.29, 0.717) is 0 Å². The van der Waals surface area contributed by atoms with Crippen molar-refractivity contribution in [2.75, 3.05) is 0 Å². The van der Waals surface area contributed by atoms with Gasteiger partial charge in [-0.1, -0.05) is 18.2 Å². The topological polar surface area (TPSA) is 17.8 Å². The van der Waals surface area contributed by atoms with Gasteiger partial charge in [-0.15, -0.1) is 0 Å². The van der Waals surface area contributed by atoms with E-state index in [0.717, 1.165) is 13.0 Å². The van der Waals surface area contributed by atoms with Crippen LogP contribution in [0, 0.1) is 0 Å². The smallest absolute Gasteiger partial charge is 0.0710 e. The normalized spacial score (nSPS) is 15.3. The number of rotatable bonds is 0. The van der Waals surface area contributed by atoms with Gasteiger partial charge in [-0.25, -0.2) is 0 Å². The maximum Gasteiger partial charge on any atom is 0.0710 e. The Labute approximate surface area is 99.9 Å². The second-order valence-electron chi connectivity index (χ2n) is 4.78. The van der Waals surface area contributed by atoms with Gasteiger partial charge in [0, 0.05) is 29.0 Å². The first-order valence-corrected chi connectivity index (χ1v) is 6.30. The number of aromatic nitrogens is 2. The first-order chi connectivity index (χ1) is 8.45. The molecule has 0 bridgehead atoms. The van der Waals surface area contributed by atoms with Gasteiger partial charge in [0.25, 0.3) is 0 Å². The Kier molecular flexibility index (Phi) is 1.81. The zero-order valence-electron chi connectivity index (χ0n) is 9.69. The molecule has 0 saturated carbocycles. The maximum atomic E-state index is 4.57. The largest absolute Gasteiger partial charge is 0.339 e. The third-order valence-electron chi connectivity index (χ3n) is 3.80. The van der Waals surface area contributed by atoms with Crippen LogP contribution < -0.4 is 0 Å². The van der Waals surface area contributed by atoms with Crippen molar-refractivity contribution in [1.82, 2.24) is 9.55 Å². The molecule has 2 aromatic heterocycles. The molecule has 1 aliphatic rings. The highest BCUT2D eigenvalue weighted by Gasteiger charge is 2.16. The van der Waals surface area contributed by atoms with Crippen LogP contribution in [0.15, 0.2) is 36.5 Å². The molecular weight excluding hydrogens is 208 g/mol. The summed E-state index contributed by atoms with van der Waals surface area (Å²) in [4.78, 5) is 4.57. The summed E-state index contributed by atoms with van der Waals surface area (Å²) in [5, 5.41) is 2.74. The third kappa shape index (κ3) is 1.18. The highest BCUT2D eigenvalue weighted by atomic mass is 15.0. The molecule has 0 atom stereocenters. The van der Waals surface area contributed by atoms with Crippen molar-refractivity contribution < 1.29 is 0 Å². The van der Waals surface area contributed by atoms with Crippen LogP contribution in [0.25, 0.3) is 21.8 Å². The average molecular weight is 222 g/mol. The van der Waals surface area contributed by atoms with E-state index >= 15 is 0 Å². The van der Waals surface area contributed by atoms with Gasteiger partial charge < -0.3 is 4.57 Å². The van der Waals surface area contributed by atoms with Crippen molar-refractivity contribution in [3.05, 3.63) is 42.2 Å². The molecule has 3 aromatic rings. The lowest BCUT2D eigenvalue weighted by atomic mass is 10.1. The fourth-order valence-electron chi connectivity index (χ4n) is 3.05. The summed E-state index contributed by atoms with van der Waals surface area (Å²) in [6.07, 6.45) is 5.58. The maximum absolute atomic E-state index is 4.57. The summed E-state index contributed by atoms with van der Waals surface area (Å²) in [5.41, 5.74) is 4.00. The number of benzene rings is 1. The lowest BCUT2D eigenvalue weighted by molar-refractivity contribution is 0.655. The highest BCUT2D eigenvalue weighted by Crippen LogP contribution is 2.32. The molecule has 17 heavy (non-hydrogen) atoms. The summed E-state index contributed by atoms with van der Waals surface area (Å²) >= 11 is 0. The number of hydrogen-bond donors (Lipinski definition) is 0. The zero-order chi connectivity index (χ0) is 11.2. The Morgan fingerprint density at radius 1 is 1.00 bits per heavy atom. The van der Waals surface area contributed by atoms with E-state index in [9.17, 15) is 0 Å². The van der Waals surface area contributed by atoms with Gasteiger partial charge in [-0.05, 0) is 31.4 Å². The van der Waals surface area contributed by atoms with E-state index in [-0.39, 0.29) is 0 Å². The van der Waals surface area contributed by atoms with Gasteiger partial charge in [-0.3, -0.25) is 4.98 Å². The standard InChI is InChI=1S/C15H14N2/c1-2-7-14-11(5-1)12-8-9-16-13-6-3-4-10-17(14)15(12)13/h1-2,5,7-9H,3-4,6,10H2. The van der Waals surface area contributed by atoms with E-state index in [1.54, 1.807) is 0 Å². The van der Waals surface area contributed by atoms with Crippen LogP contribution in [0.3, 0.4) is 0 Å². The van der Waals surface area contributed by atoms with E-state index in [1.807, 2.05) is 6.20 Å². The number of nitrogens with zero attached hydrogens (tertiary/aromatic N) is 2. The van der Waals surface area contributed by atoms with Gasteiger partial charge in [0.05, 0.1) is 11.2 Å². The Bertz CT molecular complexity index is 709. The van der Waals surface area contributed by atoms with Crippen LogP contribution in [0.4, 0.5) is 0 Å². The van der Waals surface area contributed by atoms with Crippen LogP contribution in [0.5, 0.6) is 0 Å². The minimum absolute atomic E-state index is 1.12. The van der Waals surface area contributed by atoms with E-state index < -0.39 is 0 Å². The number of hydrogen-bond acceptors (Lipinski definition) is 1. The van der Waals surface area contributed by atoms with Crippen LogP contribution >= 0.6 is 0 Å². The highest BCUT2D eigenvalue weighted by molar-refractivity contribution is 6.08. The van der Waals surface area contributed by atoms with E-state index in [2.05, 4.69) is 39.9 Å². The number of aryl methyl sites for hydroxylation is 2. The summed E-state index contributed by atoms with van der Waals surface area (Å²) in [7, 11) is 0. The van der Waals surface area contributed by atoms with Gasteiger partial charge in [0.1, 0.15) is 0 Å². The Morgan fingerprint density at radius 3 is 2.94 bits per heavy atom. The molecular formula is C15H14N2. The molecule has 0 radical (unpaired) electrons. The predicted molar refractivity (Wildman–Crippen MR) is 70.2 cm³/mol. The fraction of sp³-hybridized carbons (Fsp3) is 0.267. The predicted octanol–water partition coefficient (Wildman–Crippen LogP) is 3.53. The van der Waals surface area contributed by atoms with Crippen LogP contribution in [0.1, 0.15) is 18.5 Å². The molecule has 4 rings (SSSR count). The molecule has 0 spiro atoms. The van der Waals surface area contributed by atoms with Gasteiger partial charge >= 0.3 is 0 Å². The Hall–Kier alpha value is -1.83. The number of pyridine rings is 1. The first kappa shape index (κ1) is 9.23. The monoisotopic (exact) mass is 222 g/mol. The van der Waals surface area contributed by atoms with Crippen molar-refractivity contribution in [3.63, 3.8) is 0 Å². The Morgan fingerprint density at radius 2 is 1.94 bits per heavy atom. The van der Waals surface area contributed by atoms with Crippen molar-refractivity contribution in [2.24, 2.45) is 0 Å².